The Morgan fingerprint density at radius 2 is 0.533 bits per heavy atom. The van der Waals surface area contributed by atoms with E-state index in [-0.39, 0.29) is 41.9 Å². The van der Waals surface area contributed by atoms with Gasteiger partial charge in [0.2, 0.25) is 0 Å². The number of halogens is 2. The monoisotopic (exact) mass is 508 g/mol. The molecule has 0 aromatic rings. The van der Waals surface area contributed by atoms with Gasteiger partial charge in [-0.1, -0.05) is 57.8 Å². The molecule has 3 aliphatic carbocycles. The minimum atomic E-state index is 0. The van der Waals surface area contributed by atoms with Crippen molar-refractivity contribution in [2.45, 2.75) is 114 Å². The Morgan fingerprint density at radius 3 is 0.733 bits per heavy atom. The summed E-state index contributed by atoms with van der Waals surface area (Å²) in [4.78, 5) is 8.78. The van der Waals surface area contributed by atoms with Crippen molar-refractivity contribution in [1.29, 1.82) is 0 Å². The fraction of sp³-hybridized carbons (Fsp3) is 1.00. The SMILES string of the molecule is C1CCC(N2CCN(C3CCCCC3)CCN(C3CCCCC3)CC2)CC1.[Cl-].[Cl-].[Cu+2]. The van der Waals surface area contributed by atoms with Crippen molar-refractivity contribution in [1.82, 2.24) is 14.7 Å². The van der Waals surface area contributed by atoms with Crippen LogP contribution >= 0.6 is 0 Å². The fourth-order valence-electron chi connectivity index (χ4n) is 6.54. The zero-order chi connectivity index (χ0) is 18.3. The van der Waals surface area contributed by atoms with Gasteiger partial charge in [-0.05, 0) is 38.5 Å². The predicted octanol–water partition coefficient (Wildman–Crippen LogP) is -1.09. The van der Waals surface area contributed by atoms with Crippen molar-refractivity contribution in [3.8, 4) is 0 Å². The third-order valence-electron chi connectivity index (χ3n) is 8.30. The van der Waals surface area contributed by atoms with Gasteiger partial charge in [0.25, 0.3) is 0 Å². The molecule has 0 unspecified atom stereocenters. The number of nitrogens with zero attached hydrogens (tertiary/aromatic N) is 3. The van der Waals surface area contributed by atoms with E-state index < -0.39 is 0 Å². The maximum absolute atomic E-state index is 2.93. The van der Waals surface area contributed by atoms with Crippen molar-refractivity contribution in [3.05, 3.63) is 0 Å². The standard InChI is InChI=1S/C24H45N3.2ClH.Cu/c1-4-10-22(11-5-1)25-16-18-26(23-12-6-2-7-13-23)20-21-27(19-17-25)24-14-8-3-9-15-24;;;/h22-24H,1-21H2;2*1H;/q;;;+2/p-2. The number of hydrogen-bond donors (Lipinski definition) is 0. The topological polar surface area (TPSA) is 9.72 Å². The average molecular weight is 510 g/mol. The maximum atomic E-state index is 2.93. The van der Waals surface area contributed by atoms with E-state index in [1.807, 2.05) is 0 Å². The Morgan fingerprint density at radius 1 is 0.333 bits per heavy atom. The van der Waals surface area contributed by atoms with Crippen LogP contribution in [0.25, 0.3) is 0 Å². The van der Waals surface area contributed by atoms with Crippen LogP contribution in [-0.2, 0) is 17.1 Å². The first-order valence-electron chi connectivity index (χ1n) is 12.6. The summed E-state index contributed by atoms with van der Waals surface area (Å²) in [6.45, 7) is 8.00. The molecule has 0 aromatic heterocycles. The fourth-order valence-corrected chi connectivity index (χ4v) is 6.54. The van der Waals surface area contributed by atoms with E-state index in [9.17, 15) is 0 Å². The van der Waals surface area contributed by atoms with Crippen LogP contribution in [-0.4, -0.2) is 72.1 Å². The maximum Gasteiger partial charge on any atom is 2.00 e. The molecule has 1 saturated heterocycles. The van der Waals surface area contributed by atoms with Crippen molar-refractivity contribution in [3.63, 3.8) is 0 Å². The van der Waals surface area contributed by atoms with Crippen LogP contribution in [0.15, 0.2) is 0 Å². The molecule has 181 valence electrons. The number of rotatable bonds is 3. The largest absolute Gasteiger partial charge is 2.00 e. The van der Waals surface area contributed by atoms with Gasteiger partial charge in [-0.2, -0.15) is 0 Å². The quantitative estimate of drug-likeness (QED) is 0.448. The van der Waals surface area contributed by atoms with E-state index in [2.05, 4.69) is 14.7 Å². The Kier molecular flexibility index (Phi) is 15.2. The molecule has 0 amide bonds. The molecule has 4 rings (SSSR count). The van der Waals surface area contributed by atoms with Gasteiger partial charge < -0.3 is 24.8 Å². The van der Waals surface area contributed by atoms with Gasteiger partial charge in [0.1, 0.15) is 0 Å². The minimum Gasteiger partial charge on any atom is -1.00 e. The summed E-state index contributed by atoms with van der Waals surface area (Å²) in [5.41, 5.74) is 0. The first-order chi connectivity index (χ1) is 13.4. The number of hydrogen-bond acceptors (Lipinski definition) is 3. The summed E-state index contributed by atoms with van der Waals surface area (Å²) in [5.74, 6) is 0. The molecule has 3 saturated carbocycles. The molecule has 4 aliphatic rings. The Hall–Kier alpha value is 0.979. The van der Waals surface area contributed by atoms with E-state index in [0.29, 0.717) is 0 Å². The molecule has 3 nitrogen and oxygen atoms in total. The van der Waals surface area contributed by atoms with E-state index in [0.717, 1.165) is 18.1 Å². The molecule has 1 aliphatic heterocycles. The van der Waals surface area contributed by atoms with E-state index in [1.165, 1.54) is 136 Å². The van der Waals surface area contributed by atoms with Crippen molar-refractivity contribution >= 4 is 0 Å². The zero-order valence-corrected chi connectivity index (χ0v) is 21.4. The molecule has 0 atom stereocenters. The van der Waals surface area contributed by atoms with Crippen LogP contribution in [0.4, 0.5) is 0 Å². The third-order valence-corrected chi connectivity index (χ3v) is 8.30. The van der Waals surface area contributed by atoms with E-state index >= 15 is 0 Å². The van der Waals surface area contributed by atoms with E-state index in [4.69, 9.17) is 0 Å². The summed E-state index contributed by atoms with van der Waals surface area (Å²) in [5, 5.41) is 0. The van der Waals surface area contributed by atoms with Crippen LogP contribution in [0.5, 0.6) is 0 Å². The van der Waals surface area contributed by atoms with Crippen LogP contribution in [0.1, 0.15) is 96.3 Å². The van der Waals surface area contributed by atoms with Crippen molar-refractivity contribution in [2.24, 2.45) is 0 Å². The smallest absolute Gasteiger partial charge is 1.00 e. The molecular weight excluding hydrogens is 465 g/mol. The first-order valence-corrected chi connectivity index (χ1v) is 12.6. The van der Waals surface area contributed by atoms with Gasteiger partial charge in [-0.15, -0.1) is 0 Å². The predicted molar refractivity (Wildman–Crippen MR) is 115 cm³/mol. The molecule has 0 bridgehead atoms. The summed E-state index contributed by atoms with van der Waals surface area (Å²) < 4.78 is 0. The molecule has 0 spiro atoms. The summed E-state index contributed by atoms with van der Waals surface area (Å²) in [7, 11) is 0. The summed E-state index contributed by atoms with van der Waals surface area (Å²) in [6.07, 6.45) is 22.1. The van der Waals surface area contributed by atoms with Crippen LogP contribution in [0, 0.1) is 0 Å². The molecule has 1 radical (unpaired) electrons. The second-order valence-corrected chi connectivity index (χ2v) is 9.98. The van der Waals surface area contributed by atoms with Crippen molar-refractivity contribution < 1.29 is 41.9 Å². The van der Waals surface area contributed by atoms with Crippen LogP contribution in [0.3, 0.4) is 0 Å². The Bertz CT molecular complexity index is 351. The molecular formula is C24H45Cl2CuN3. The summed E-state index contributed by atoms with van der Waals surface area (Å²) in [6, 6.07) is 2.66. The minimum absolute atomic E-state index is 0. The second kappa shape index (κ2) is 15.8. The summed E-state index contributed by atoms with van der Waals surface area (Å²) >= 11 is 0. The van der Waals surface area contributed by atoms with Gasteiger partial charge >= 0.3 is 17.1 Å². The Labute approximate surface area is 209 Å². The first kappa shape index (κ1) is 29.0. The van der Waals surface area contributed by atoms with Crippen LogP contribution < -0.4 is 24.8 Å². The van der Waals surface area contributed by atoms with Gasteiger partial charge in [0.05, 0.1) is 0 Å². The average Bonchev–Trinajstić information content (AvgIpc) is 2.86. The van der Waals surface area contributed by atoms with Gasteiger partial charge in [-0.25, -0.2) is 0 Å². The van der Waals surface area contributed by atoms with E-state index in [1.54, 1.807) is 0 Å². The van der Waals surface area contributed by atoms with Crippen molar-refractivity contribution in [2.75, 3.05) is 39.3 Å². The van der Waals surface area contributed by atoms with Crippen LogP contribution in [0.2, 0.25) is 0 Å². The normalized spacial score (nSPS) is 27.6. The van der Waals surface area contributed by atoms with Gasteiger partial charge in [-0.3, -0.25) is 14.7 Å². The third kappa shape index (κ3) is 8.40. The van der Waals surface area contributed by atoms with Gasteiger partial charge in [0.15, 0.2) is 0 Å². The Balaban J connectivity index is 0.00000150. The molecule has 1 heterocycles. The molecule has 4 fully saturated rings. The molecule has 0 aromatic carbocycles. The molecule has 30 heavy (non-hydrogen) atoms. The molecule has 6 heteroatoms. The van der Waals surface area contributed by atoms with Gasteiger partial charge in [0, 0.05) is 57.4 Å². The molecule has 0 N–H and O–H groups in total. The second-order valence-electron chi connectivity index (χ2n) is 9.98. The zero-order valence-electron chi connectivity index (χ0n) is 19.0.